The molecule has 0 saturated carbocycles. The Labute approximate surface area is 146 Å². The second-order valence-corrected chi connectivity index (χ2v) is 5.50. The molecule has 1 aromatic heterocycles. The first-order valence-electron chi connectivity index (χ1n) is 7.99. The molecular formula is C19H19N3O3. The number of benzene rings is 2. The number of hydrogen-bond donors (Lipinski definition) is 0. The number of amides is 1. The van der Waals surface area contributed by atoms with Gasteiger partial charge in [0.05, 0.1) is 12.7 Å². The molecule has 3 rings (SSSR count). The van der Waals surface area contributed by atoms with Crippen LogP contribution in [0.4, 0.5) is 5.69 Å². The summed E-state index contributed by atoms with van der Waals surface area (Å²) in [7, 11) is 1.57. The molecule has 0 atom stereocenters. The number of hydrogen-bond acceptors (Lipinski definition) is 5. The Morgan fingerprint density at radius 1 is 1.16 bits per heavy atom. The molecule has 0 aliphatic rings. The number of aryl methyl sites for hydroxylation is 1. The van der Waals surface area contributed by atoms with Crippen LogP contribution in [0.3, 0.4) is 0 Å². The summed E-state index contributed by atoms with van der Waals surface area (Å²) in [5.41, 5.74) is 2.52. The number of aromatic nitrogens is 2. The number of ether oxygens (including phenoxy) is 1. The highest BCUT2D eigenvalue weighted by molar-refractivity contribution is 6.03. The van der Waals surface area contributed by atoms with Gasteiger partial charge in [0.15, 0.2) is 0 Å². The predicted octanol–water partition coefficient (Wildman–Crippen LogP) is 3.72. The van der Waals surface area contributed by atoms with E-state index >= 15 is 0 Å². The molecule has 1 amide bonds. The van der Waals surface area contributed by atoms with Crippen molar-refractivity contribution in [2.24, 2.45) is 0 Å². The van der Waals surface area contributed by atoms with E-state index in [0.717, 1.165) is 11.3 Å². The van der Waals surface area contributed by atoms with Crippen LogP contribution in [-0.2, 0) is 0 Å². The lowest BCUT2D eigenvalue weighted by atomic mass is 10.2. The lowest BCUT2D eigenvalue weighted by Crippen LogP contribution is -2.30. The fourth-order valence-corrected chi connectivity index (χ4v) is 2.59. The quantitative estimate of drug-likeness (QED) is 0.710. The lowest BCUT2D eigenvalue weighted by Gasteiger charge is -2.19. The Hall–Kier alpha value is -3.15. The third kappa shape index (κ3) is 3.38. The van der Waals surface area contributed by atoms with Gasteiger partial charge in [0.25, 0.3) is 5.89 Å². The minimum absolute atomic E-state index is 0.0516. The van der Waals surface area contributed by atoms with E-state index in [2.05, 4.69) is 10.2 Å². The standard InChI is InChI=1S/C19H19N3O3/c1-4-22(14-9-7-8-13(2)12-14)19(23)18-21-20-17(25-18)15-10-5-6-11-16(15)24-3/h5-12H,4H2,1-3H3. The first kappa shape index (κ1) is 16.7. The molecule has 0 aliphatic carbocycles. The normalized spacial score (nSPS) is 10.5. The number of methoxy groups -OCH3 is 1. The van der Waals surface area contributed by atoms with E-state index in [-0.39, 0.29) is 17.7 Å². The third-order valence-electron chi connectivity index (χ3n) is 3.82. The second kappa shape index (κ2) is 7.17. The van der Waals surface area contributed by atoms with Crippen LogP contribution in [0.25, 0.3) is 11.5 Å². The molecule has 0 unspecified atom stereocenters. The van der Waals surface area contributed by atoms with Crippen LogP contribution in [0.5, 0.6) is 5.75 Å². The highest BCUT2D eigenvalue weighted by Gasteiger charge is 2.23. The van der Waals surface area contributed by atoms with E-state index in [9.17, 15) is 4.79 Å². The molecule has 0 aliphatic heterocycles. The molecule has 3 aromatic rings. The molecule has 25 heavy (non-hydrogen) atoms. The summed E-state index contributed by atoms with van der Waals surface area (Å²) in [6, 6.07) is 15.0. The average molecular weight is 337 g/mol. The molecule has 0 saturated heterocycles. The van der Waals surface area contributed by atoms with Crippen LogP contribution in [0.1, 0.15) is 23.2 Å². The summed E-state index contributed by atoms with van der Waals surface area (Å²) >= 11 is 0. The largest absolute Gasteiger partial charge is 0.496 e. The summed E-state index contributed by atoms with van der Waals surface area (Å²) in [5.74, 6) is 0.475. The van der Waals surface area contributed by atoms with Crippen molar-refractivity contribution in [3.8, 4) is 17.2 Å². The van der Waals surface area contributed by atoms with E-state index in [4.69, 9.17) is 9.15 Å². The lowest BCUT2D eigenvalue weighted by molar-refractivity contribution is 0.0955. The zero-order valence-corrected chi connectivity index (χ0v) is 14.4. The number of anilines is 1. The minimum atomic E-state index is -0.332. The van der Waals surface area contributed by atoms with Crippen LogP contribution in [0, 0.1) is 6.92 Å². The molecule has 0 N–H and O–H groups in total. The van der Waals surface area contributed by atoms with Crippen LogP contribution in [-0.4, -0.2) is 29.8 Å². The van der Waals surface area contributed by atoms with E-state index in [1.165, 1.54) is 0 Å². The third-order valence-corrected chi connectivity index (χ3v) is 3.82. The average Bonchev–Trinajstić information content (AvgIpc) is 3.12. The van der Waals surface area contributed by atoms with E-state index in [0.29, 0.717) is 17.9 Å². The van der Waals surface area contributed by atoms with Gasteiger partial charge in [0.2, 0.25) is 0 Å². The molecule has 128 valence electrons. The molecular weight excluding hydrogens is 318 g/mol. The summed E-state index contributed by atoms with van der Waals surface area (Å²) in [6.07, 6.45) is 0. The van der Waals surface area contributed by atoms with Gasteiger partial charge < -0.3 is 14.1 Å². The van der Waals surface area contributed by atoms with Crippen molar-refractivity contribution in [3.63, 3.8) is 0 Å². The highest BCUT2D eigenvalue weighted by atomic mass is 16.5. The van der Waals surface area contributed by atoms with Gasteiger partial charge >= 0.3 is 11.8 Å². The summed E-state index contributed by atoms with van der Waals surface area (Å²) in [4.78, 5) is 14.4. The van der Waals surface area contributed by atoms with E-state index in [1.54, 1.807) is 24.1 Å². The molecule has 0 fully saturated rings. The minimum Gasteiger partial charge on any atom is -0.496 e. The summed E-state index contributed by atoms with van der Waals surface area (Å²) in [6.45, 7) is 4.38. The fourth-order valence-electron chi connectivity index (χ4n) is 2.59. The van der Waals surface area contributed by atoms with Crippen molar-refractivity contribution >= 4 is 11.6 Å². The smallest absolute Gasteiger partial charge is 0.315 e. The number of carbonyl (C=O) groups excluding carboxylic acids is 1. The highest BCUT2D eigenvalue weighted by Crippen LogP contribution is 2.29. The number of rotatable bonds is 5. The molecule has 2 aromatic carbocycles. The van der Waals surface area contributed by atoms with Crippen molar-refractivity contribution in [2.75, 3.05) is 18.6 Å². The van der Waals surface area contributed by atoms with Crippen molar-refractivity contribution in [1.82, 2.24) is 10.2 Å². The Kier molecular flexibility index (Phi) is 4.79. The molecule has 0 bridgehead atoms. The number of nitrogens with zero attached hydrogens (tertiary/aromatic N) is 3. The van der Waals surface area contributed by atoms with Crippen LogP contribution >= 0.6 is 0 Å². The Balaban J connectivity index is 1.92. The SMILES string of the molecule is CCN(C(=O)c1nnc(-c2ccccc2OC)o1)c1cccc(C)c1. The Morgan fingerprint density at radius 3 is 2.68 bits per heavy atom. The zero-order valence-electron chi connectivity index (χ0n) is 14.4. The molecule has 0 radical (unpaired) electrons. The van der Waals surface area contributed by atoms with Crippen molar-refractivity contribution in [2.45, 2.75) is 13.8 Å². The van der Waals surface area contributed by atoms with Crippen molar-refractivity contribution in [3.05, 3.63) is 60.0 Å². The molecule has 6 heteroatoms. The van der Waals surface area contributed by atoms with Crippen LogP contribution < -0.4 is 9.64 Å². The maximum Gasteiger partial charge on any atom is 0.315 e. The van der Waals surface area contributed by atoms with Gasteiger partial charge in [0, 0.05) is 12.2 Å². The van der Waals surface area contributed by atoms with Gasteiger partial charge in [-0.1, -0.05) is 24.3 Å². The van der Waals surface area contributed by atoms with Gasteiger partial charge in [0.1, 0.15) is 5.75 Å². The van der Waals surface area contributed by atoms with Gasteiger partial charge in [-0.3, -0.25) is 4.79 Å². The van der Waals surface area contributed by atoms with Crippen LogP contribution in [0.2, 0.25) is 0 Å². The maximum absolute atomic E-state index is 12.8. The van der Waals surface area contributed by atoms with Crippen molar-refractivity contribution in [1.29, 1.82) is 0 Å². The fraction of sp³-hybridized carbons (Fsp3) is 0.211. The Morgan fingerprint density at radius 2 is 1.96 bits per heavy atom. The maximum atomic E-state index is 12.8. The van der Waals surface area contributed by atoms with E-state index in [1.807, 2.05) is 50.2 Å². The van der Waals surface area contributed by atoms with E-state index < -0.39 is 0 Å². The first-order valence-corrected chi connectivity index (χ1v) is 7.99. The van der Waals surface area contributed by atoms with Gasteiger partial charge in [-0.15, -0.1) is 10.2 Å². The van der Waals surface area contributed by atoms with Crippen LogP contribution in [0.15, 0.2) is 52.9 Å². The summed E-state index contributed by atoms with van der Waals surface area (Å²) < 4.78 is 10.9. The zero-order chi connectivity index (χ0) is 17.8. The van der Waals surface area contributed by atoms with Crippen molar-refractivity contribution < 1.29 is 13.9 Å². The van der Waals surface area contributed by atoms with Gasteiger partial charge in [-0.2, -0.15) is 0 Å². The van der Waals surface area contributed by atoms with Gasteiger partial charge in [-0.25, -0.2) is 0 Å². The Bertz CT molecular complexity index is 889. The molecule has 0 spiro atoms. The predicted molar refractivity (Wildman–Crippen MR) is 94.8 cm³/mol. The topological polar surface area (TPSA) is 68.5 Å². The monoisotopic (exact) mass is 337 g/mol. The van der Waals surface area contributed by atoms with Gasteiger partial charge in [-0.05, 0) is 43.7 Å². The number of carbonyl (C=O) groups is 1. The molecule has 6 nitrogen and oxygen atoms in total. The first-order chi connectivity index (χ1) is 12.1. The molecule has 1 heterocycles. The number of para-hydroxylation sites is 1. The summed E-state index contributed by atoms with van der Waals surface area (Å²) in [5, 5.41) is 7.92. The second-order valence-electron chi connectivity index (χ2n) is 5.50.